The standard InChI is InChI=1S/C27H30N6O5/c28-12-22-13-29-24(11-19(22)4-3-18-5-8-37-16-18)31-27(36)33-6-1-2-20-10-21(23(15-34)30-26(20)33)14-32-7-9-38-17-25(32)35/h10-11,13,15,18H,1-9,14,16-17H2,(H,29,31,36)/t18-/m1/s1. The molecule has 5 rings (SSSR count). The molecular weight excluding hydrogens is 488 g/mol. The van der Waals surface area contributed by atoms with E-state index < -0.39 is 6.03 Å². The average molecular weight is 519 g/mol. The minimum atomic E-state index is -0.404. The number of amides is 3. The number of nitrogens with one attached hydrogen (secondary N) is 1. The molecule has 1 N–H and O–H groups in total. The van der Waals surface area contributed by atoms with Gasteiger partial charge >= 0.3 is 6.03 Å². The van der Waals surface area contributed by atoms with Gasteiger partial charge in [-0.05, 0) is 61.3 Å². The highest BCUT2D eigenvalue weighted by molar-refractivity contribution is 6.01. The Kier molecular flexibility index (Phi) is 7.91. The molecule has 2 aromatic heterocycles. The number of pyridine rings is 2. The molecule has 5 heterocycles. The summed E-state index contributed by atoms with van der Waals surface area (Å²) in [5.41, 5.74) is 3.04. The lowest BCUT2D eigenvalue weighted by molar-refractivity contribution is -0.143. The van der Waals surface area contributed by atoms with Crippen molar-refractivity contribution in [2.24, 2.45) is 5.92 Å². The largest absolute Gasteiger partial charge is 0.381 e. The van der Waals surface area contributed by atoms with Gasteiger partial charge in [-0.1, -0.05) is 0 Å². The number of hydrogen-bond acceptors (Lipinski definition) is 8. The molecule has 11 heteroatoms. The lowest BCUT2D eigenvalue weighted by atomic mass is 9.97. The fourth-order valence-corrected chi connectivity index (χ4v) is 5.13. The van der Waals surface area contributed by atoms with Gasteiger partial charge in [0.05, 0.1) is 12.2 Å². The van der Waals surface area contributed by atoms with Gasteiger partial charge in [0.1, 0.15) is 30.0 Å². The predicted molar refractivity (Wildman–Crippen MR) is 137 cm³/mol. The minimum absolute atomic E-state index is 0.0306. The van der Waals surface area contributed by atoms with Crippen LogP contribution in [-0.4, -0.2) is 72.6 Å². The second-order valence-corrected chi connectivity index (χ2v) is 9.79. The molecule has 38 heavy (non-hydrogen) atoms. The van der Waals surface area contributed by atoms with Crippen LogP contribution in [0.4, 0.5) is 16.4 Å². The molecule has 2 aromatic rings. The van der Waals surface area contributed by atoms with E-state index in [2.05, 4.69) is 21.4 Å². The lowest BCUT2D eigenvalue weighted by Crippen LogP contribution is -2.42. The van der Waals surface area contributed by atoms with E-state index in [1.54, 1.807) is 11.0 Å². The minimum Gasteiger partial charge on any atom is -0.381 e. The van der Waals surface area contributed by atoms with Crippen molar-refractivity contribution in [2.45, 2.75) is 38.6 Å². The first-order chi connectivity index (χ1) is 18.6. The van der Waals surface area contributed by atoms with Gasteiger partial charge in [-0.3, -0.25) is 19.8 Å². The number of aromatic nitrogens is 2. The van der Waals surface area contributed by atoms with Gasteiger partial charge in [0.15, 0.2) is 6.29 Å². The summed E-state index contributed by atoms with van der Waals surface area (Å²) >= 11 is 0. The molecule has 3 aliphatic heterocycles. The van der Waals surface area contributed by atoms with Gasteiger partial charge in [0, 0.05) is 44.6 Å². The fourth-order valence-electron chi connectivity index (χ4n) is 5.13. The quantitative estimate of drug-likeness (QED) is 0.552. The number of morpholine rings is 1. The number of aryl methyl sites for hydroxylation is 2. The number of nitriles is 1. The predicted octanol–water partition coefficient (Wildman–Crippen LogP) is 2.47. The van der Waals surface area contributed by atoms with Crippen LogP contribution in [0, 0.1) is 17.2 Å². The van der Waals surface area contributed by atoms with Crippen LogP contribution < -0.4 is 10.2 Å². The maximum absolute atomic E-state index is 13.3. The maximum atomic E-state index is 13.3. The molecule has 3 aliphatic rings. The molecule has 0 radical (unpaired) electrons. The van der Waals surface area contributed by atoms with Crippen LogP contribution in [0.1, 0.15) is 52.0 Å². The summed E-state index contributed by atoms with van der Waals surface area (Å²) in [5, 5.41) is 12.4. The molecule has 11 nitrogen and oxygen atoms in total. The first kappa shape index (κ1) is 25.8. The van der Waals surface area contributed by atoms with E-state index in [4.69, 9.17) is 9.47 Å². The Hall–Kier alpha value is -3.88. The van der Waals surface area contributed by atoms with E-state index >= 15 is 0 Å². The fraction of sp³-hybridized carbons (Fsp3) is 0.481. The number of urea groups is 1. The molecule has 1 atom stereocenters. The van der Waals surface area contributed by atoms with Gasteiger partial charge in [-0.25, -0.2) is 14.8 Å². The Bertz CT molecular complexity index is 1270. The maximum Gasteiger partial charge on any atom is 0.328 e. The summed E-state index contributed by atoms with van der Waals surface area (Å²) in [6.07, 6.45) is 6.21. The molecule has 0 unspecified atom stereocenters. The number of fused-ring (bicyclic) bond motifs is 1. The molecule has 0 bridgehead atoms. The highest BCUT2D eigenvalue weighted by atomic mass is 16.5. The summed E-state index contributed by atoms with van der Waals surface area (Å²) < 4.78 is 10.6. The van der Waals surface area contributed by atoms with Crippen LogP contribution in [0.25, 0.3) is 0 Å². The van der Waals surface area contributed by atoms with E-state index in [9.17, 15) is 19.6 Å². The number of anilines is 2. The van der Waals surface area contributed by atoms with Crippen LogP contribution in [0.15, 0.2) is 18.3 Å². The molecule has 0 saturated carbocycles. The van der Waals surface area contributed by atoms with Crippen LogP contribution in [0.3, 0.4) is 0 Å². The van der Waals surface area contributed by atoms with Gasteiger partial charge in [0.2, 0.25) is 5.91 Å². The zero-order valence-corrected chi connectivity index (χ0v) is 21.1. The Balaban J connectivity index is 1.32. The van der Waals surface area contributed by atoms with Crippen molar-refractivity contribution in [2.75, 3.05) is 49.7 Å². The SMILES string of the molecule is N#Cc1cnc(NC(=O)N2CCCc3cc(CN4CCOCC4=O)c(C=O)nc32)cc1CC[C@@H]1CCOC1. The first-order valence-electron chi connectivity index (χ1n) is 12.9. The number of nitrogens with zero attached hydrogens (tertiary/aromatic N) is 5. The van der Waals surface area contributed by atoms with Crippen LogP contribution >= 0.6 is 0 Å². The van der Waals surface area contributed by atoms with Crippen LogP contribution in [0.2, 0.25) is 0 Å². The number of carbonyl (C=O) groups excluding carboxylic acids is 3. The Labute approximate surface area is 220 Å². The summed E-state index contributed by atoms with van der Waals surface area (Å²) in [6, 6.07) is 5.41. The monoisotopic (exact) mass is 518 g/mol. The highest BCUT2D eigenvalue weighted by Gasteiger charge is 2.28. The number of rotatable bonds is 7. The molecule has 2 fully saturated rings. The molecule has 3 amide bonds. The first-order valence-corrected chi connectivity index (χ1v) is 12.9. The Morgan fingerprint density at radius 3 is 2.89 bits per heavy atom. The van der Waals surface area contributed by atoms with Gasteiger partial charge in [-0.15, -0.1) is 0 Å². The number of hydrogen-bond donors (Lipinski definition) is 1. The molecule has 198 valence electrons. The normalized spacial score (nSPS) is 19.1. The van der Waals surface area contributed by atoms with Crippen molar-refractivity contribution >= 4 is 29.9 Å². The van der Waals surface area contributed by atoms with Gasteiger partial charge in [0.25, 0.3) is 0 Å². The van der Waals surface area contributed by atoms with Crippen LogP contribution in [0.5, 0.6) is 0 Å². The molecule has 0 spiro atoms. The zero-order chi connectivity index (χ0) is 26.5. The Morgan fingerprint density at radius 2 is 2.13 bits per heavy atom. The van der Waals surface area contributed by atoms with Crippen molar-refractivity contribution in [3.05, 3.63) is 46.3 Å². The average Bonchev–Trinajstić information content (AvgIpc) is 3.46. The molecule has 2 saturated heterocycles. The van der Waals surface area contributed by atoms with Gasteiger partial charge < -0.3 is 14.4 Å². The second-order valence-electron chi connectivity index (χ2n) is 9.79. The number of aldehydes is 1. The summed E-state index contributed by atoms with van der Waals surface area (Å²) in [5.74, 6) is 1.14. The van der Waals surface area contributed by atoms with E-state index in [0.717, 1.165) is 43.6 Å². The van der Waals surface area contributed by atoms with E-state index in [1.807, 2.05) is 6.07 Å². The number of carbonyl (C=O) groups is 3. The van der Waals surface area contributed by atoms with Crippen molar-refractivity contribution in [1.29, 1.82) is 5.26 Å². The zero-order valence-electron chi connectivity index (χ0n) is 21.1. The topological polar surface area (TPSA) is 138 Å². The summed E-state index contributed by atoms with van der Waals surface area (Å²) in [7, 11) is 0. The van der Waals surface area contributed by atoms with Crippen molar-refractivity contribution < 1.29 is 23.9 Å². The second kappa shape index (κ2) is 11.7. The summed E-state index contributed by atoms with van der Waals surface area (Å²) in [6.45, 7) is 3.17. The van der Waals surface area contributed by atoms with E-state index in [1.165, 1.54) is 11.1 Å². The van der Waals surface area contributed by atoms with Gasteiger partial charge in [-0.2, -0.15) is 5.26 Å². The summed E-state index contributed by atoms with van der Waals surface area (Å²) in [4.78, 5) is 49.4. The van der Waals surface area contributed by atoms with Crippen LogP contribution in [-0.2, 0) is 33.7 Å². The highest BCUT2D eigenvalue weighted by Crippen LogP contribution is 2.29. The smallest absolute Gasteiger partial charge is 0.328 e. The third-order valence-corrected chi connectivity index (χ3v) is 7.27. The third kappa shape index (κ3) is 5.66. The Morgan fingerprint density at radius 1 is 1.24 bits per heavy atom. The molecule has 0 aromatic carbocycles. The number of ether oxygens (including phenoxy) is 2. The van der Waals surface area contributed by atoms with E-state index in [0.29, 0.717) is 67.5 Å². The molecular formula is C27H30N6O5. The molecule has 0 aliphatic carbocycles. The lowest BCUT2D eigenvalue weighted by Gasteiger charge is -2.30. The van der Waals surface area contributed by atoms with Crippen molar-refractivity contribution in [3.8, 4) is 6.07 Å². The van der Waals surface area contributed by atoms with Crippen molar-refractivity contribution in [1.82, 2.24) is 14.9 Å². The van der Waals surface area contributed by atoms with Crippen molar-refractivity contribution in [3.63, 3.8) is 0 Å². The van der Waals surface area contributed by atoms with E-state index in [-0.39, 0.29) is 24.8 Å². The third-order valence-electron chi connectivity index (χ3n) is 7.27.